The van der Waals surface area contributed by atoms with Gasteiger partial charge in [-0.3, -0.25) is 4.90 Å². The summed E-state index contributed by atoms with van der Waals surface area (Å²) in [5.41, 5.74) is 6.98. The van der Waals surface area contributed by atoms with E-state index in [9.17, 15) is 0 Å². The Labute approximate surface area is 113 Å². The number of hydrogen-bond donors (Lipinski definition) is 1. The van der Waals surface area contributed by atoms with Crippen LogP contribution in [0.2, 0.25) is 0 Å². The monoisotopic (exact) mass is 253 g/mol. The first kappa shape index (κ1) is 14.3. The molecule has 0 bridgehead atoms. The second-order valence-corrected chi connectivity index (χ2v) is 7.05. The molecule has 0 aromatic rings. The molecule has 2 N–H and O–H groups in total. The number of nitrogens with two attached hydrogens (primary N) is 1. The summed E-state index contributed by atoms with van der Waals surface area (Å²) in [4.78, 5) is 5.30. The summed E-state index contributed by atoms with van der Waals surface area (Å²) in [6.07, 6.45) is 5.18. The zero-order valence-corrected chi connectivity index (χ0v) is 12.5. The Balaban J connectivity index is 2.06. The van der Waals surface area contributed by atoms with Gasteiger partial charge in [-0.1, -0.05) is 20.8 Å². The minimum Gasteiger partial charge on any atom is -0.329 e. The zero-order chi connectivity index (χ0) is 13.2. The van der Waals surface area contributed by atoms with Crippen LogP contribution in [0.4, 0.5) is 0 Å². The lowest BCUT2D eigenvalue weighted by Crippen LogP contribution is -2.53. The molecule has 3 heteroatoms. The molecule has 1 atom stereocenters. The second-order valence-electron chi connectivity index (χ2n) is 7.05. The van der Waals surface area contributed by atoms with E-state index in [4.69, 9.17) is 5.73 Å². The first-order chi connectivity index (χ1) is 8.51. The second kappa shape index (κ2) is 5.48. The molecule has 2 fully saturated rings. The molecule has 0 amide bonds. The molecule has 0 aromatic heterocycles. The summed E-state index contributed by atoms with van der Waals surface area (Å²) in [6.45, 7) is 14.0. The van der Waals surface area contributed by atoms with E-state index in [1.54, 1.807) is 0 Å². The molecular formula is C15H31N3. The van der Waals surface area contributed by atoms with Gasteiger partial charge in [0.1, 0.15) is 0 Å². The van der Waals surface area contributed by atoms with Gasteiger partial charge in [-0.2, -0.15) is 0 Å². The van der Waals surface area contributed by atoms with Crippen LogP contribution in [-0.2, 0) is 0 Å². The first-order valence-electron chi connectivity index (χ1n) is 7.69. The number of rotatable bonds is 3. The minimum atomic E-state index is 0.289. The van der Waals surface area contributed by atoms with Crippen molar-refractivity contribution in [3.63, 3.8) is 0 Å². The maximum atomic E-state index is 6.20. The topological polar surface area (TPSA) is 32.5 Å². The van der Waals surface area contributed by atoms with Crippen LogP contribution in [0.5, 0.6) is 0 Å². The van der Waals surface area contributed by atoms with Crippen LogP contribution in [0.15, 0.2) is 0 Å². The van der Waals surface area contributed by atoms with E-state index in [1.165, 1.54) is 58.4 Å². The van der Waals surface area contributed by atoms with Gasteiger partial charge >= 0.3 is 0 Å². The average Bonchev–Trinajstić information content (AvgIpc) is 2.61. The molecule has 2 aliphatic heterocycles. The lowest BCUT2D eigenvalue weighted by molar-refractivity contribution is 0.0938. The van der Waals surface area contributed by atoms with Gasteiger partial charge in [0.2, 0.25) is 0 Å². The Bertz CT molecular complexity index is 277. The fraction of sp³-hybridized carbons (Fsp3) is 1.00. The van der Waals surface area contributed by atoms with Crippen LogP contribution in [0, 0.1) is 5.41 Å². The Morgan fingerprint density at radius 3 is 2.39 bits per heavy atom. The van der Waals surface area contributed by atoms with Crippen LogP contribution >= 0.6 is 0 Å². The van der Waals surface area contributed by atoms with Crippen LogP contribution in [0.1, 0.15) is 46.5 Å². The van der Waals surface area contributed by atoms with E-state index in [1.807, 2.05) is 0 Å². The van der Waals surface area contributed by atoms with Crippen molar-refractivity contribution in [3.05, 3.63) is 0 Å². The van der Waals surface area contributed by atoms with Crippen molar-refractivity contribution in [1.82, 2.24) is 9.80 Å². The number of likely N-dealkylation sites (tertiary alicyclic amines) is 2. The average molecular weight is 253 g/mol. The van der Waals surface area contributed by atoms with E-state index in [2.05, 4.69) is 30.6 Å². The van der Waals surface area contributed by atoms with E-state index >= 15 is 0 Å². The molecule has 2 rings (SSSR count). The van der Waals surface area contributed by atoms with Crippen LogP contribution in [-0.4, -0.2) is 54.6 Å². The Kier molecular flexibility index (Phi) is 4.35. The van der Waals surface area contributed by atoms with E-state index < -0.39 is 0 Å². The fourth-order valence-corrected chi connectivity index (χ4v) is 3.72. The van der Waals surface area contributed by atoms with Gasteiger partial charge < -0.3 is 10.6 Å². The molecule has 2 aliphatic rings. The third-order valence-corrected chi connectivity index (χ3v) is 5.19. The van der Waals surface area contributed by atoms with E-state index in [-0.39, 0.29) is 5.54 Å². The molecule has 3 nitrogen and oxygen atoms in total. The standard InChI is InChI=1S/C15H31N3/c1-4-17-9-5-6-15(12-16,8-10-17)18-11-7-14(2,3)13-18/h4-13,16H2,1-3H3. The zero-order valence-electron chi connectivity index (χ0n) is 12.5. The molecule has 0 aromatic carbocycles. The third-order valence-electron chi connectivity index (χ3n) is 5.19. The lowest BCUT2D eigenvalue weighted by atomic mass is 9.87. The van der Waals surface area contributed by atoms with Crippen LogP contribution < -0.4 is 5.73 Å². The molecular weight excluding hydrogens is 222 g/mol. The highest BCUT2D eigenvalue weighted by molar-refractivity contribution is 4.99. The molecule has 106 valence electrons. The molecule has 2 heterocycles. The summed E-state index contributed by atoms with van der Waals surface area (Å²) in [5.74, 6) is 0. The summed E-state index contributed by atoms with van der Waals surface area (Å²) in [6, 6.07) is 0. The maximum absolute atomic E-state index is 6.20. The minimum absolute atomic E-state index is 0.289. The quantitative estimate of drug-likeness (QED) is 0.834. The van der Waals surface area contributed by atoms with Crippen molar-refractivity contribution in [2.75, 3.05) is 39.3 Å². The van der Waals surface area contributed by atoms with Crippen molar-refractivity contribution in [2.45, 2.75) is 52.0 Å². The van der Waals surface area contributed by atoms with Gasteiger partial charge in [-0.25, -0.2) is 0 Å². The van der Waals surface area contributed by atoms with Gasteiger partial charge in [0.25, 0.3) is 0 Å². The van der Waals surface area contributed by atoms with Gasteiger partial charge in [-0.05, 0) is 57.3 Å². The largest absolute Gasteiger partial charge is 0.329 e. The van der Waals surface area contributed by atoms with Gasteiger partial charge in [-0.15, -0.1) is 0 Å². The highest BCUT2D eigenvalue weighted by Crippen LogP contribution is 2.37. The van der Waals surface area contributed by atoms with Gasteiger partial charge in [0, 0.05) is 18.6 Å². The molecule has 18 heavy (non-hydrogen) atoms. The van der Waals surface area contributed by atoms with Crippen LogP contribution in [0.3, 0.4) is 0 Å². The van der Waals surface area contributed by atoms with Crippen molar-refractivity contribution in [1.29, 1.82) is 0 Å². The first-order valence-corrected chi connectivity index (χ1v) is 7.69. The van der Waals surface area contributed by atoms with Gasteiger partial charge in [0.05, 0.1) is 0 Å². The predicted molar refractivity (Wildman–Crippen MR) is 77.7 cm³/mol. The molecule has 1 unspecified atom stereocenters. The fourth-order valence-electron chi connectivity index (χ4n) is 3.72. The van der Waals surface area contributed by atoms with Gasteiger partial charge in [0.15, 0.2) is 0 Å². The molecule has 0 radical (unpaired) electrons. The highest BCUT2D eigenvalue weighted by atomic mass is 15.2. The Morgan fingerprint density at radius 1 is 1.06 bits per heavy atom. The van der Waals surface area contributed by atoms with Crippen molar-refractivity contribution < 1.29 is 0 Å². The summed E-state index contributed by atoms with van der Waals surface area (Å²) < 4.78 is 0. The van der Waals surface area contributed by atoms with E-state index in [0.29, 0.717) is 5.41 Å². The smallest absolute Gasteiger partial charge is 0.0344 e. The molecule has 0 spiro atoms. The number of nitrogens with zero attached hydrogens (tertiary/aromatic N) is 2. The normalized spacial score (nSPS) is 34.7. The molecule has 2 saturated heterocycles. The summed E-state index contributed by atoms with van der Waals surface area (Å²) >= 11 is 0. The SMILES string of the molecule is CCN1CCCC(CN)(N2CCC(C)(C)C2)CC1. The van der Waals surface area contributed by atoms with Crippen molar-refractivity contribution >= 4 is 0 Å². The van der Waals surface area contributed by atoms with E-state index in [0.717, 1.165) is 6.54 Å². The summed E-state index contributed by atoms with van der Waals surface area (Å²) in [7, 11) is 0. The predicted octanol–water partition coefficient (Wildman–Crippen LogP) is 1.92. The van der Waals surface area contributed by atoms with Crippen molar-refractivity contribution in [2.24, 2.45) is 11.1 Å². The molecule has 0 aliphatic carbocycles. The lowest BCUT2D eigenvalue weighted by Gasteiger charge is -2.41. The Hall–Kier alpha value is -0.120. The summed E-state index contributed by atoms with van der Waals surface area (Å²) in [5, 5.41) is 0. The third kappa shape index (κ3) is 2.89. The van der Waals surface area contributed by atoms with Crippen LogP contribution in [0.25, 0.3) is 0 Å². The maximum Gasteiger partial charge on any atom is 0.0344 e. The van der Waals surface area contributed by atoms with Crippen molar-refractivity contribution in [3.8, 4) is 0 Å². The highest BCUT2D eigenvalue weighted by Gasteiger charge is 2.42. The molecule has 0 saturated carbocycles. The Morgan fingerprint density at radius 2 is 1.83 bits per heavy atom. The number of hydrogen-bond acceptors (Lipinski definition) is 3.